The van der Waals surface area contributed by atoms with Crippen molar-refractivity contribution in [2.45, 2.75) is 12.5 Å². The largest absolute Gasteiger partial charge is 0.495 e. The molecule has 2 amide bonds. The smallest absolute Gasteiger partial charge is 0.251 e. The van der Waals surface area contributed by atoms with Crippen molar-refractivity contribution >= 4 is 11.8 Å². The summed E-state index contributed by atoms with van der Waals surface area (Å²) in [4.78, 5) is 23.3. The summed E-state index contributed by atoms with van der Waals surface area (Å²) in [5, 5.41) is 5.48. The Hall–Kier alpha value is -2.52. The van der Waals surface area contributed by atoms with Crippen LogP contribution in [0.15, 0.2) is 18.2 Å². The van der Waals surface area contributed by atoms with Crippen molar-refractivity contribution in [1.82, 2.24) is 10.6 Å². The van der Waals surface area contributed by atoms with Gasteiger partial charge in [-0.1, -0.05) is 11.8 Å². The Labute approximate surface area is 123 Å². The van der Waals surface area contributed by atoms with Gasteiger partial charge in [0.25, 0.3) is 5.91 Å². The van der Waals surface area contributed by atoms with E-state index in [1.807, 2.05) is 0 Å². The summed E-state index contributed by atoms with van der Waals surface area (Å²) in [7, 11) is 1.54. The topological polar surface area (TPSA) is 93.5 Å². The van der Waals surface area contributed by atoms with Crippen molar-refractivity contribution in [3.8, 4) is 17.6 Å². The molecule has 4 N–H and O–H groups in total. The molecular formula is C15H17N3O3. The molecule has 110 valence electrons. The number of methoxy groups -OCH3 is 1. The highest BCUT2D eigenvalue weighted by atomic mass is 16.5. The Kier molecular flexibility index (Phi) is 4.80. The fourth-order valence-electron chi connectivity index (χ4n) is 2.07. The number of rotatable bonds is 3. The highest BCUT2D eigenvalue weighted by molar-refractivity contribution is 5.95. The van der Waals surface area contributed by atoms with Crippen LogP contribution < -0.4 is 21.1 Å². The van der Waals surface area contributed by atoms with E-state index in [4.69, 9.17) is 10.5 Å². The Bertz CT molecular complexity index is 616. The van der Waals surface area contributed by atoms with Crippen molar-refractivity contribution in [3.05, 3.63) is 29.3 Å². The molecular weight excluding hydrogens is 270 g/mol. The predicted molar refractivity (Wildman–Crippen MR) is 77.8 cm³/mol. The molecule has 6 nitrogen and oxygen atoms in total. The number of carbonyl (C=O) groups is 2. The normalized spacial score (nSPS) is 16.7. The number of nitrogens with two attached hydrogens (primary N) is 1. The van der Waals surface area contributed by atoms with Crippen molar-refractivity contribution in [3.63, 3.8) is 0 Å². The summed E-state index contributed by atoms with van der Waals surface area (Å²) in [6, 6.07) is 4.83. The van der Waals surface area contributed by atoms with Crippen molar-refractivity contribution in [2.24, 2.45) is 5.73 Å². The zero-order chi connectivity index (χ0) is 15.2. The molecule has 1 saturated heterocycles. The molecule has 0 radical (unpaired) electrons. The fourth-order valence-corrected chi connectivity index (χ4v) is 2.07. The van der Waals surface area contributed by atoms with Crippen molar-refractivity contribution in [2.75, 3.05) is 20.2 Å². The Morgan fingerprint density at radius 2 is 2.38 bits per heavy atom. The third-order valence-electron chi connectivity index (χ3n) is 3.10. The highest BCUT2D eigenvalue weighted by Crippen LogP contribution is 2.19. The first-order valence-corrected chi connectivity index (χ1v) is 6.58. The van der Waals surface area contributed by atoms with Gasteiger partial charge in [0.2, 0.25) is 5.91 Å². The molecule has 21 heavy (non-hydrogen) atoms. The van der Waals surface area contributed by atoms with E-state index in [0.717, 1.165) is 0 Å². The predicted octanol–water partition coefficient (Wildman–Crippen LogP) is -0.376. The van der Waals surface area contributed by atoms with Gasteiger partial charge in [-0.05, 0) is 18.2 Å². The number of ether oxygens (including phenoxy) is 1. The van der Waals surface area contributed by atoms with Gasteiger partial charge in [0.1, 0.15) is 5.75 Å². The number of hydrogen-bond donors (Lipinski definition) is 3. The quantitative estimate of drug-likeness (QED) is 0.661. The SMILES string of the molecule is COc1ccc(C(=O)NC2CNC(=O)C2)cc1C#CCN. The van der Waals surface area contributed by atoms with E-state index in [-0.39, 0.29) is 24.4 Å². The Morgan fingerprint density at radius 3 is 3.00 bits per heavy atom. The minimum absolute atomic E-state index is 0.0514. The van der Waals surface area contributed by atoms with E-state index in [0.29, 0.717) is 29.8 Å². The fraction of sp³-hybridized carbons (Fsp3) is 0.333. The molecule has 0 aliphatic carbocycles. The molecule has 0 spiro atoms. The van der Waals surface area contributed by atoms with E-state index in [9.17, 15) is 9.59 Å². The van der Waals surface area contributed by atoms with E-state index in [2.05, 4.69) is 22.5 Å². The minimum Gasteiger partial charge on any atom is -0.495 e. The lowest BCUT2D eigenvalue weighted by atomic mass is 10.1. The third kappa shape index (κ3) is 3.74. The standard InChI is InChI=1S/C15H17N3O3/c1-21-13-5-4-11(7-10(13)3-2-6-16)15(20)18-12-8-14(19)17-9-12/h4-5,7,12H,6,8-9,16H2,1H3,(H,17,19)(H,18,20). The molecule has 1 aromatic rings. The summed E-state index contributed by atoms with van der Waals surface area (Å²) in [5.41, 5.74) is 6.43. The third-order valence-corrected chi connectivity index (χ3v) is 3.10. The molecule has 0 aromatic heterocycles. The zero-order valence-electron chi connectivity index (χ0n) is 11.7. The minimum atomic E-state index is -0.241. The Balaban J connectivity index is 2.15. The average molecular weight is 287 g/mol. The number of nitrogens with one attached hydrogen (secondary N) is 2. The van der Waals surface area contributed by atoms with Crippen LogP contribution in [0.5, 0.6) is 5.75 Å². The molecule has 1 unspecified atom stereocenters. The number of amides is 2. The lowest BCUT2D eigenvalue weighted by Crippen LogP contribution is -2.36. The van der Waals surface area contributed by atoms with Gasteiger partial charge in [-0.3, -0.25) is 9.59 Å². The molecule has 2 rings (SSSR count). The molecule has 1 fully saturated rings. The maximum atomic E-state index is 12.2. The second kappa shape index (κ2) is 6.77. The average Bonchev–Trinajstić information content (AvgIpc) is 2.89. The van der Waals surface area contributed by atoms with Crippen LogP contribution in [0.1, 0.15) is 22.3 Å². The lowest BCUT2D eigenvalue weighted by Gasteiger charge is -2.11. The second-order valence-corrected chi connectivity index (χ2v) is 4.60. The molecule has 0 saturated carbocycles. The van der Waals surface area contributed by atoms with Crippen LogP contribution in [0.2, 0.25) is 0 Å². The first kappa shape index (κ1) is 14.9. The molecule has 1 aliphatic heterocycles. The summed E-state index contributed by atoms with van der Waals surface area (Å²) < 4.78 is 5.19. The van der Waals surface area contributed by atoms with Crippen LogP contribution >= 0.6 is 0 Å². The van der Waals surface area contributed by atoms with Gasteiger partial charge in [-0.2, -0.15) is 0 Å². The van der Waals surface area contributed by atoms with Gasteiger partial charge in [0, 0.05) is 18.5 Å². The molecule has 1 heterocycles. The van der Waals surface area contributed by atoms with E-state index >= 15 is 0 Å². The van der Waals surface area contributed by atoms with Crippen LogP contribution in [0.3, 0.4) is 0 Å². The molecule has 1 aromatic carbocycles. The summed E-state index contributed by atoms with van der Waals surface area (Å²) >= 11 is 0. The monoisotopic (exact) mass is 287 g/mol. The van der Waals surface area contributed by atoms with E-state index in [1.165, 1.54) is 0 Å². The molecule has 0 bridgehead atoms. The first-order valence-electron chi connectivity index (χ1n) is 6.58. The van der Waals surface area contributed by atoms with E-state index < -0.39 is 0 Å². The van der Waals surface area contributed by atoms with Crippen molar-refractivity contribution < 1.29 is 14.3 Å². The molecule has 1 aliphatic rings. The number of hydrogen-bond acceptors (Lipinski definition) is 4. The summed E-state index contributed by atoms with van der Waals surface area (Å²) in [6.07, 6.45) is 0.307. The van der Waals surface area contributed by atoms with Crippen LogP contribution in [0.25, 0.3) is 0 Å². The first-order chi connectivity index (χ1) is 10.1. The molecule has 6 heteroatoms. The van der Waals surface area contributed by atoms with Crippen LogP contribution in [0, 0.1) is 11.8 Å². The van der Waals surface area contributed by atoms with Crippen molar-refractivity contribution in [1.29, 1.82) is 0 Å². The number of carbonyl (C=O) groups excluding carboxylic acids is 2. The van der Waals surface area contributed by atoms with Crippen LogP contribution in [-0.2, 0) is 4.79 Å². The van der Waals surface area contributed by atoms with Gasteiger partial charge in [-0.15, -0.1) is 0 Å². The second-order valence-electron chi connectivity index (χ2n) is 4.60. The Morgan fingerprint density at radius 1 is 1.57 bits per heavy atom. The summed E-state index contributed by atoms with van der Waals surface area (Å²) in [5.74, 6) is 5.91. The van der Waals surface area contributed by atoms with Crippen LogP contribution in [0.4, 0.5) is 0 Å². The van der Waals surface area contributed by atoms with Gasteiger partial charge in [0.05, 0.1) is 25.3 Å². The summed E-state index contributed by atoms with van der Waals surface area (Å²) in [6.45, 7) is 0.690. The van der Waals surface area contributed by atoms with Crippen LogP contribution in [-0.4, -0.2) is 38.1 Å². The maximum absolute atomic E-state index is 12.2. The maximum Gasteiger partial charge on any atom is 0.251 e. The van der Waals surface area contributed by atoms with Gasteiger partial charge >= 0.3 is 0 Å². The highest BCUT2D eigenvalue weighted by Gasteiger charge is 2.23. The van der Waals surface area contributed by atoms with Gasteiger partial charge in [-0.25, -0.2) is 0 Å². The van der Waals surface area contributed by atoms with E-state index in [1.54, 1.807) is 25.3 Å². The van der Waals surface area contributed by atoms with Gasteiger partial charge in [0.15, 0.2) is 0 Å². The van der Waals surface area contributed by atoms with Gasteiger partial charge < -0.3 is 21.1 Å². The zero-order valence-corrected chi connectivity index (χ0v) is 11.7. The molecule has 1 atom stereocenters. The number of benzene rings is 1. The lowest BCUT2D eigenvalue weighted by molar-refractivity contribution is -0.119.